The molecule has 0 heterocycles. The highest BCUT2D eigenvalue weighted by molar-refractivity contribution is 5.71. The number of nitrogens with two attached hydrogens (primary N) is 2. The van der Waals surface area contributed by atoms with E-state index in [1.165, 1.54) is 10.9 Å². The molecule has 0 saturated heterocycles. The molecule has 0 atom stereocenters. The van der Waals surface area contributed by atoms with E-state index in [1.807, 2.05) is 10.6 Å². The second kappa shape index (κ2) is 8.74. The summed E-state index contributed by atoms with van der Waals surface area (Å²) in [7, 11) is 0. The zero-order chi connectivity index (χ0) is 9.98. The third-order valence-corrected chi connectivity index (χ3v) is 0.312. The van der Waals surface area contributed by atoms with Crippen LogP contribution in [-0.2, 0) is 0 Å². The lowest BCUT2D eigenvalue weighted by Crippen LogP contribution is -2.23. The van der Waals surface area contributed by atoms with Crippen LogP contribution >= 0.6 is 0 Å². The molecular formula is C2H6N6O4. The number of carbonyl (C=O) groups excluding carboxylic acids is 2. The molecule has 6 N–H and O–H groups in total. The van der Waals surface area contributed by atoms with E-state index in [-0.39, 0.29) is 0 Å². The quantitative estimate of drug-likeness (QED) is 0.303. The fraction of sp³-hybridized carbons (Fsp3) is 0. The van der Waals surface area contributed by atoms with Crippen molar-refractivity contribution >= 4 is 12.1 Å². The van der Waals surface area contributed by atoms with Gasteiger partial charge in [0.2, 0.25) is 0 Å². The third-order valence-electron chi connectivity index (χ3n) is 0.312. The van der Waals surface area contributed by atoms with Gasteiger partial charge in [0.15, 0.2) is 0 Å². The highest BCUT2D eigenvalue weighted by Gasteiger charge is 1.81. The van der Waals surface area contributed by atoms with Crippen LogP contribution in [0.4, 0.5) is 9.59 Å². The number of nitroso groups, excluding NO2 is 2. The zero-order valence-corrected chi connectivity index (χ0v) is 5.68. The standard InChI is InChI=1S/2CH3N3O2/c2*2-1(5)3-4-6/h2*(H3,2,3,5,6). The van der Waals surface area contributed by atoms with Gasteiger partial charge < -0.3 is 11.5 Å². The summed E-state index contributed by atoms with van der Waals surface area (Å²) >= 11 is 0. The van der Waals surface area contributed by atoms with E-state index in [4.69, 9.17) is 9.81 Å². The van der Waals surface area contributed by atoms with E-state index in [0.29, 0.717) is 0 Å². The molecule has 0 bridgehead atoms. The van der Waals surface area contributed by atoms with Gasteiger partial charge in [0, 0.05) is 0 Å². The number of carbonyl (C=O) groups is 2. The number of nitrogens with zero attached hydrogens (tertiary/aromatic N) is 2. The summed E-state index contributed by atoms with van der Waals surface area (Å²) in [5.41, 5.74) is 11.6. The van der Waals surface area contributed by atoms with Crippen LogP contribution < -0.4 is 22.3 Å². The van der Waals surface area contributed by atoms with Crippen LogP contribution in [0.15, 0.2) is 10.6 Å². The largest absolute Gasteiger partial charge is 0.350 e. The smallest absolute Gasteiger partial charge is 0.335 e. The van der Waals surface area contributed by atoms with Gasteiger partial charge in [0.1, 0.15) is 0 Å². The van der Waals surface area contributed by atoms with Crippen LogP contribution in [0.1, 0.15) is 0 Å². The van der Waals surface area contributed by atoms with E-state index >= 15 is 0 Å². The van der Waals surface area contributed by atoms with E-state index in [0.717, 1.165) is 0 Å². The average molecular weight is 178 g/mol. The Labute approximate surface area is 65.5 Å². The van der Waals surface area contributed by atoms with Crippen molar-refractivity contribution in [3.8, 4) is 0 Å². The SMILES string of the molecule is NC(=O)NN=O.NC(=O)NN=O. The van der Waals surface area contributed by atoms with Crippen molar-refractivity contribution in [2.24, 2.45) is 22.0 Å². The Hall–Kier alpha value is -2.26. The fourth-order valence-electron chi connectivity index (χ4n) is 0.0900. The molecule has 0 aliphatic heterocycles. The van der Waals surface area contributed by atoms with Crippen molar-refractivity contribution in [3.63, 3.8) is 0 Å². The van der Waals surface area contributed by atoms with Crippen molar-refractivity contribution in [3.05, 3.63) is 9.81 Å². The van der Waals surface area contributed by atoms with E-state index in [2.05, 4.69) is 11.5 Å². The summed E-state index contributed by atoms with van der Waals surface area (Å²) in [6.45, 7) is 0. The molecule has 0 fully saturated rings. The minimum absolute atomic E-state index is 0.940. The molecule has 0 saturated carbocycles. The molecule has 12 heavy (non-hydrogen) atoms. The predicted octanol–water partition coefficient (Wildman–Crippen LogP) is -1.33. The minimum Gasteiger partial charge on any atom is -0.350 e. The molecule has 4 amide bonds. The van der Waals surface area contributed by atoms with Gasteiger partial charge in [-0.3, -0.25) is 0 Å². The molecule has 68 valence electrons. The Morgan fingerprint density at radius 3 is 1.17 bits per heavy atom. The lowest BCUT2D eigenvalue weighted by molar-refractivity contribution is 0.248. The van der Waals surface area contributed by atoms with Gasteiger partial charge >= 0.3 is 12.1 Å². The number of hydrogen-bond donors (Lipinski definition) is 4. The van der Waals surface area contributed by atoms with E-state index in [1.54, 1.807) is 0 Å². The lowest BCUT2D eigenvalue weighted by Gasteiger charge is -1.77. The molecule has 0 spiro atoms. The van der Waals surface area contributed by atoms with Gasteiger partial charge in [0.05, 0.1) is 10.6 Å². The molecule has 0 aromatic heterocycles. The van der Waals surface area contributed by atoms with Gasteiger partial charge in [0.25, 0.3) is 0 Å². The first-order valence-electron chi connectivity index (χ1n) is 2.30. The summed E-state index contributed by atoms with van der Waals surface area (Å²) in [6.07, 6.45) is 0. The predicted molar refractivity (Wildman–Crippen MR) is 37.0 cm³/mol. The summed E-state index contributed by atoms with van der Waals surface area (Å²) in [6, 6.07) is -1.88. The number of hydrogen-bond acceptors (Lipinski definition) is 6. The maximum Gasteiger partial charge on any atom is 0.335 e. The van der Waals surface area contributed by atoms with Crippen LogP contribution in [-0.4, -0.2) is 12.1 Å². The topological polar surface area (TPSA) is 169 Å². The van der Waals surface area contributed by atoms with Gasteiger partial charge in [-0.1, -0.05) is 0 Å². The Morgan fingerprint density at radius 2 is 1.17 bits per heavy atom. The van der Waals surface area contributed by atoms with Crippen molar-refractivity contribution in [1.82, 2.24) is 10.9 Å². The summed E-state index contributed by atoms with van der Waals surface area (Å²) in [4.78, 5) is 36.7. The van der Waals surface area contributed by atoms with Crippen LogP contribution in [0, 0.1) is 9.81 Å². The summed E-state index contributed by atoms with van der Waals surface area (Å²) in [5, 5.41) is 3.92. The number of primary amides is 2. The normalized spacial score (nSPS) is 6.67. The highest BCUT2D eigenvalue weighted by atomic mass is 16.3. The monoisotopic (exact) mass is 178 g/mol. The van der Waals surface area contributed by atoms with Gasteiger partial charge in [-0.15, -0.1) is 9.81 Å². The van der Waals surface area contributed by atoms with Gasteiger partial charge in [-0.25, -0.2) is 9.59 Å². The second-order valence-corrected chi connectivity index (χ2v) is 1.13. The molecule has 0 unspecified atom stereocenters. The molecular weight excluding hydrogens is 172 g/mol. The van der Waals surface area contributed by atoms with Crippen LogP contribution in [0.5, 0.6) is 0 Å². The van der Waals surface area contributed by atoms with Crippen LogP contribution in [0.2, 0.25) is 0 Å². The number of rotatable bonds is 2. The Bertz CT molecular complexity index is 158. The third kappa shape index (κ3) is 25.1. The van der Waals surface area contributed by atoms with Crippen LogP contribution in [0.3, 0.4) is 0 Å². The molecule has 0 radical (unpaired) electrons. The Balaban J connectivity index is 0. The highest BCUT2D eigenvalue weighted by Crippen LogP contribution is 1.49. The molecule has 0 rings (SSSR count). The lowest BCUT2D eigenvalue weighted by atomic mass is 11.2. The zero-order valence-electron chi connectivity index (χ0n) is 5.68. The Morgan fingerprint density at radius 1 is 0.917 bits per heavy atom. The molecule has 0 aliphatic carbocycles. The maximum absolute atomic E-state index is 9.42. The second-order valence-electron chi connectivity index (χ2n) is 1.13. The first kappa shape index (κ1) is 12.4. The molecule has 10 nitrogen and oxygen atoms in total. The van der Waals surface area contributed by atoms with Crippen molar-refractivity contribution < 1.29 is 9.59 Å². The maximum atomic E-state index is 9.42. The first-order chi connectivity index (χ1) is 5.54. The average Bonchev–Trinajstić information content (AvgIpc) is 1.87. The summed E-state index contributed by atoms with van der Waals surface area (Å²) < 4.78 is 0. The number of urea groups is 2. The van der Waals surface area contributed by atoms with Gasteiger partial charge in [-0.2, -0.15) is 10.9 Å². The van der Waals surface area contributed by atoms with Gasteiger partial charge in [-0.05, 0) is 0 Å². The molecule has 0 aromatic rings. The molecule has 0 aliphatic rings. The first-order valence-corrected chi connectivity index (χ1v) is 2.30. The number of amides is 4. The Kier molecular flexibility index (Phi) is 9.05. The van der Waals surface area contributed by atoms with Crippen LogP contribution in [0.25, 0.3) is 0 Å². The fourth-order valence-corrected chi connectivity index (χ4v) is 0.0900. The van der Waals surface area contributed by atoms with E-state index < -0.39 is 12.1 Å². The van der Waals surface area contributed by atoms with Crippen molar-refractivity contribution in [1.29, 1.82) is 0 Å². The molecule has 10 heteroatoms. The minimum atomic E-state index is -0.940. The summed E-state index contributed by atoms with van der Waals surface area (Å²) in [5.74, 6) is 0. The number of nitrogens with one attached hydrogen (secondary N) is 2. The molecule has 0 aromatic carbocycles. The van der Waals surface area contributed by atoms with Crippen molar-refractivity contribution in [2.75, 3.05) is 0 Å². The van der Waals surface area contributed by atoms with E-state index in [9.17, 15) is 9.59 Å². The van der Waals surface area contributed by atoms with Crippen molar-refractivity contribution in [2.45, 2.75) is 0 Å².